The lowest BCUT2D eigenvalue weighted by Crippen LogP contribution is -2.59. The fourth-order valence-electron chi connectivity index (χ4n) is 8.24. The highest BCUT2D eigenvalue weighted by molar-refractivity contribution is 7.59. The predicted molar refractivity (Wildman–Crippen MR) is 306 cm³/mol. The van der Waals surface area contributed by atoms with Crippen LogP contribution in [0, 0.1) is 0 Å². The molecule has 1 heterocycles. The van der Waals surface area contributed by atoms with Gasteiger partial charge in [-0.05, 0) is 212 Å². The third-order valence-electron chi connectivity index (χ3n) is 13.3. The number of ether oxygens (including phenoxy) is 1. The Morgan fingerprint density at radius 2 is 0.680 bits per heavy atom. The van der Waals surface area contributed by atoms with Crippen LogP contribution in [0.1, 0.15) is 212 Å². The standard InChI is InChI=1S/C61H102O12P2/c1-46(2)23-13-24-47(3)25-14-26-48(4)27-15-28-49(5)29-16-30-50(6)31-17-32-51(7)33-18-34-52(8)35-19-36-53(9)37-20-38-54(10)39-21-40-55(11)41-22-42-56(12)43-44-70-74(66,67)73-75(68,69)72-61-60(65)59(64)58(63)57(45-62)71-61/h23,25,27,29,31,33,35,37,39,41,43,57-65H,13-22,24,26,28,30,32,34,36,38,40,42,44-45H2,1-12H3,(H,66,67)(H,68,69)/p-2/b47-25+,48-27+,49-29-,50-31-,51-33-,52-35-,53-37-,54-39-,55-41-,56-43-/t57-,58-,59+,60-,61-/m1/s1. The summed E-state index contributed by atoms with van der Waals surface area (Å²) in [6.45, 7) is 24.9. The van der Waals surface area contributed by atoms with Crippen molar-refractivity contribution in [3.8, 4) is 0 Å². The Morgan fingerprint density at radius 1 is 0.413 bits per heavy atom. The molecule has 4 N–H and O–H groups in total. The summed E-state index contributed by atoms with van der Waals surface area (Å²) < 4.78 is 42.5. The zero-order chi connectivity index (χ0) is 56.4. The van der Waals surface area contributed by atoms with Gasteiger partial charge in [0.15, 0.2) is 6.29 Å². The molecule has 0 spiro atoms. The number of phosphoric acid groups is 2. The average molecular weight is 1090 g/mol. The summed E-state index contributed by atoms with van der Waals surface area (Å²) >= 11 is 0. The van der Waals surface area contributed by atoms with Gasteiger partial charge in [0, 0.05) is 0 Å². The van der Waals surface area contributed by atoms with E-state index in [-0.39, 0.29) is 0 Å². The maximum atomic E-state index is 12.2. The molecule has 0 amide bonds. The monoisotopic (exact) mass is 1090 g/mol. The Labute approximate surface area is 454 Å². The molecule has 0 saturated carbocycles. The van der Waals surface area contributed by atoms with Crippen LogP contribution in [0.2, 0.25) is 0 Å². The van der Waals surface area contributed by atoms with Crippen LogP contribution in [-0.2, 0) is 27.2 Å². The van der Waals surface area contributed by atoms with E-state index in [2.05, 4.69) is 150 Å². The van der Waals surface area contributed by atoms with Crippen LogP contribution in [-0.4, -0.2) is 64.3 Å². The highest BCUT2D eigenvalue weighted by Gasteiger charge is 2.45. The first-order valence-corrected chi connectivity index (χ1v) is 30.4. The van der Waals surface area contributed by atoms with E-state index in [0.29, 0.717) is 6.42 Å². The average Bonchev–Trinajstić information content (AvgIpc) is 3.31. The molecule has 2 unspecified atom stereocenters. The molecule has 0 bridgehead atoms. The summed E-state index contributed by atoms with van der Waals surface area (Å²) in [4.78, 5) is 24.4. The van der Waals surface area contributed by atoms with Crippen molar-refractivity contribution in [2.75, 3.05) is 13.2 Å². The summed E-state index contributed by atoms with van der Waals surface area (Å²) in [5, 5.41) is 38.8. The predicted octanol–water partition coefficient (Wildman–Crippen LogP) is 15.0. The molecule has 0 aromatic rings. The van der Waals surface area contributed by atoms with Crippen molar-refractivity contribution in [1.82, 2.24) is 0 Å². The van der Waals surface area contributed by atoms with Crippen molar-refractivity contribution in [1.29, 1.82) is 0 Å². The van der Waals surface area contributed by atoms with Crippen LogP contribution in [0.3, 0.4) is 0 Å². The second-order valence-corrected chi connectivity index (χ2v) is 24.2. The lowest BCUT2D eigenvalue weighted by atomic mass is 10.00. The number of aliphatic hydroxyl groups is 4. The minimum absolute atomic E-state index is 0.489. The molecule has 1 saturated heterocycles. The van der Waals surface area contributed by atoms with Gasteiger partial charge in [0.25, 0.3) is 15.6 Å². The zero-order valence-corrected chi connectivity index (χ0v) is 50.0. The Kier molecular flexibility index (Phi) is 37.0. The molecule has 14 heteroatoms. The highest BCUT2D eigenvalue weighted by Crippen LogP contribution is 2.56. The second-order valence-electron chi connectivity index (χ2n) is 21.2. The van der Waals surface area contributed by atoms with Crippen molar-refractivity contribution in [2.24, 2.45) is 0 Å². The summed E-state index contributed by atoms with van der Waals surface area (Å²) in [7, 11) is -11.1. The van der Waals surface area contributed by atoms with E-state index >= 15 is 0 Å². The number of aliphatic hydroxyl groups excluding tert-OH is 4. The molecular weight excluding hydrogens is 987 g/mol. The Morgan fingerprint density at radius 3 is 0.947 bits per heavy atom. The molecule has 1 rings (SSSR count). The fraction of sp³-hybridized carbons (Fsp3) is 0.639. The lowest BCUT2D eigenvalue weighted by molar-refractivity contribution is -0.304. The molecule has 1 aliphatic rings. The molecule has 428 valence electrons. The summed E-state index contributed by atoms with van der Waals surface area (Å²) in [6, 6.07) is 0. The molecule has 12 nitrogen and oxygen atoms in total. The third kappa shape index (κ3) is 36.1. The molecular formula is C61H100O12P2-2. The van der Waals surface area contributed by atoms with Crippen molar-refractivity contribution in [2.45, 2.75) is 242 Å². The van der Waals surface area contributed by atoms with Crippen molar-refractivity contribution >= 4 is 15.6 Å². The first-order valence-electron chi connectivity index (χ1n) is 27.5. The minimum atomic E-state index is -5.70. The lowest BCUT2D eigenvalue weighted by Gasteiger charge is -2.41. The van der Waals surface area contributed by atoms with Crippen LogP contribution in [0.4, 0.5) is 0 Å². The first-order chi connectivity index (χ1) is 35.3. The summed E-state index contributed by atoms with van der Waals surface area (Å²) in [6.07, 6.45) is 36.9. The molecule has 0 aliphatic carbocycles. The van der Waals surface area contributed by atoms with Crippen LogP contribution in [0.25, 0.3) is 0 Å². The zero-order valence-electron chi connectivity index (χ0n) is 48.2. The van der Waals surface area contributed by atoms with Crippen molar-refractivity contribution in [3.05, 3.63) is 128 Å². The fourth-order valence-corrected chi connectivity index (χ4v) is 10.3. The largest absolute Gasteiger partial charge is 0.756 e. The number of phosphoric ester groups is 2. The number of allylic oxidation sites excluding steroid dienone is 21. The van der Waals surface area contributed by atoms with Gasteiger partial charge in [0.2, 0.25) is 0 Å². The smallest absolute Gasteiger partial charge is 0.276 e. The van der Waals surface area contributed by atoms with Gasteiger partial charge in [-0.1, -0.05) is 128 Å². The molecule has 0 radical (unpaired) electrons. The maximum absolute atomic E-state index is 12.2. The van der Waals surface area contributed by atoms with Crippen molar-refractivity contribution in [3.63, 3.8) is 0 Å². The van der Waals surface area contributed by atoms with E-state index in [4.69, 9.17) is 4.74 Å². The third-order valence-corrected chi connectivity index (χ3v) is 15.9. The Hall–Kier alpha value is -2.80. The quantitative estimate of drug-likeness (QED) is 0.0338. The minimum Gasteiger partial charge on any atom is -0.756 e. The first kappa shape index (κ1) is 70.2. The number of hydrogen-bond acceptors (Lipinski definition) is 12. The van der Waals surface area contributed by atoms with E-state index in [1.165, 1.54) is 68.2 Å². The van der Waals surface area contributed by atoms with Gasteiger partial charge in [-0.3, -0.25) is 13.7 Å². The molecule has 0 aromatic heterocycles. The van der Waals surface area contributed by atoms with E-state index in [9.17, 15) is 39.3 Å². The Balaban J connectivity index is 2.29. The Bertz CT molecular complexity index is 2130. The van der Waals surface area contributed by atoms with Gasteiger partial charge >= 0.3 is 0 Å². The SMILES string of the molecule is CC(C)=CCC/C(C)=C/CC/C(C)=C/CC/C(C)=C\CC/C(C)=C\CC/C(C)=C\CC/C(C)=C\CC/C(C)=C\CC/C(C)=C\CC/C(C)=C\CC/C(C)=C\COP(=O)([O-])OP(=O)([O-])O[C@H]1O[C@H](CO)[C@@H](O)[C@H](O)[C@H]1O. The topological polar surface area (TPSA) is 198 Å². The molecule has 1 fully saturated rings. The van der Waals surface area contributed by atoms with Gasteiger partial charge in [-0.25, -0.2) is 4.31 Å². The van der Waals surface area contributed by atoms with Gasteiger partial charge < -0.3 is 39.5 Å². The molecule has 75 heavy (non-hydrogen) atoms. The van der Waals surface area contributed by atoms with Crippen LogP contribution >= 0.6 is 15.6 Å². The summed E-state index contributed by atoms with van der Waals surface area (Å²) in [5.74, 6) is 0. The van der Waals surface area contributed by atoms with Crippen LogP contribution in [0.5, 0.6) is 0 Å². The van der Waals surface area contributed by atoms with E-state index in [1.807, 2.05) is 0 Å². The normalized spacial score (nSPS) is 22.1. The molecule has 1 aliphatic heterocycles. The number of rotatable bonds is 38. The number of hydrogen-bond donors (Lipinski definition) is 4. The van der Waals surface area contributed by atoms with Gasteiger partial charge in [0.1, 0.15) is 24.4 Å². The van der Waals surface area contributed by atoms with Gasteiger partial charge in [-0.15, -0.1) is 0 Å². The maximum Gasteiger partial charge on any atom is 0.276 e. The second kappa shape index (κ2) is 39.5. The van der Waals surface area contributed by atoms with E-state index < -0.39 is 59.6 Å². The summed E-state index contributed by atoms with van der Waals surface area (Å²) in [5.41, 5.74) is 15.2. The van der Waals surface area contributed by atoms with Crippen LogP contribution in [0.15, 0.2) is 128 Å². The molecule has 0 aromatic carbocycles. The highest BCUT2D eigenvalue weighted by atomic mass is 31.3. The van der Waals surface area contributed by atoms with Gasteiger partial charge in [0.05, 0.1) is 13.2 Å². The molecule has 7 atom stereocenters. The van der Waals surface area contributed by atoms with E-state index in [0.717, 1.165) is 121 Å². The van der Waals surface area contributed by atoms with Crippen molar-refractivity contribution < 1.29 is 57.4 Å². The van der Waals surface area contributed by atoms with Gasteiger partial charge in [-0.2, -0.15) is 0 Å². The van der Waals surface area contributed by atoms with E-state index in [1.54, 1.807) is 6.92 Å². The van der Waals surface area contributed by atoms with Crippen LogP contribution < -0.4 is 9.79 Å².